The first-order chi connectivity index (χ1) is 9.83. The van der Waals surface area contributed by atoms with Crippen LogP contribution in [0.4, 0.5) is 0 Å². The van der Waals surface area contributed by atoms with Crippen LogP contribution in [0, 0.1) is 23.7 Å². The third kappa shape index (κ3) is 4.91. The predicted octanol–water partition coefficient (Wildman–Crippen LogP) is 5.60. The second kappa shape index (κ2) is 8.87. The molecule has 1 heteroatoms. The topological polar surface area (TPSA) is 9.23 Å². The Morgan fingerprint density at radius 3 is 2.05 bits per heavy atom. The standard InChI is InChI=1S/C19H34O/c1-3-4-5-6-16-7-11-18(12-8-16)19-13-9-17(10-14-19)15-20-2/h5-6,16-19H,3-4,7-15H2,1-2H3/b6-5+/t16-,17?,18-,19?. The van der Waals surface area contributed by atoms with Crippen LogP contribution in [0.2, 0.25) is 0 Å². The fraction of sp³-hybridized carbons (Fsp3) is 0.895. The number of unbranched alkanes of at least 4 members (excludes halogenated alkanes) is 1. The van der Waals surface area contributed by atoms with Crippen LogP contribution in [0.1, 0.15) is 71.1 Å². The van der Waals surface area contributed by atoms with Gasteiger partial charge in [-0.1, -0.05) is 25.5 Å². The van der Waals surface area contributed by atoms with Gasteiger partial charge in [-0.2, -0.15) is 0 Å². The van der Waals surface area contributed by atoms with Crippen LogP contribution in [0.25, 0.3) is 0 Å². The van der Waals surface area contributed by atoms with E-state index in [2.05, 4.69) is 19.1 Å². The van der Waals surface area contributed by atoms with E-state index in [1.54, 1.807) is 0 Å². The molecule has 0 amide bonds. The lowest BCUT2D eigenvalue weighted by Crippen LogP contribution is -2.26. The van der Waals surface area contributed by atoms with E-state index < -0.39 is 0 Å². The molecule has 2 saturated carbocycles. The van der Waals surface area contributed by atoms with Gasteiger partial charge in [-0.3, -0.25) is 0 Å². The number of hydrogen-bond acceptors (Lipinski definition) is 1. The molecule has 0 radical (unpaired) electrons. The van der Waals surface area contributed by atoms with Gasteiger partial charge in [0, 0.05) is 13.7 Å². The lowest BCUT2D eigenvalue weighted by atomic mass is 9.69. The van der Waals surface area contributed by atoms with Crippen molar-refractivity contribution in [2.45, 2.75) is 71.1 Å². The van der Waals surface area contributed by atoms with Gasteiger partial charge in [0.05, 0.1) is 0 Å². The summed E-state index contributed by atoms with van der Waals surface area (Å²) in [5.41, 5.74) is 0. The second-order valence-electron chi connectivity index (χ2n) is 7.13. The Hall–Kier alpha value is -0.300. The summed E-state index contributed by atoms with van der Waals surface area (Å²) in [5, 5.41) is 0. The van der Waals surface area contributed by atoms with Gasteiger partial charge in [-0.15, -0.1) is 0 Å². The van der Waals surface area contributed by atoms with E-state index in [-0.39, 0.29) is 0 Å². The first-order valence-electron chi connectivity index (χ1n) is 8.99. The Labute approximate surface area is 126 Å². The SMILES string of the molecule is CCC/C=C/[C@H]1CC[C@H](C2CCC(COC)CC2)CC1. The van der Waals surface area contributed by atoms with Crippen molar-refractivity contribution in [2.75, 3.05) is 13.7 Å². The van der Waals surface area contributed by atoms with E-state index >= 15 is 0 Å². The van der Waals surface area contributed by atoms with Crippen molar-refractivity contribution in [3.8, 4) is 0 Å². The first-order valence-corrected chi connectivity index (χ1v) is 8.99. The van der Waals surface area contributed by atoms with Gasteiger partial charge < -0.3 is 4.74 Å². The number of allylic oxidation sites excluding steroid dienone is 2. The number of ether oxygens (including phenoxy) is 1. The van der Waals surface area contributed by atoms with E-state index in [0.29, 0.717) is 0 Å². The summed E-state index contributed by atoms with van der Waals surface area (Å²) in [7, 11) is 1.85. The molecule has 2 aliphatic carbocycles. The Balaban J connectivity index is 1.67. The summed E-state index contributed by atoms with van der Waals surface area (Å²) in [4.78, 5) is 0. The van der Waals surface area contributed by atoms with Crippen LogP contribution < -0.4 is 0 Å². The fourth-order valence-corrected chi connectivity index (χ4v) is 4.33. The highest BCUT2D eigenvalue weighted by atomic mass is 16.5. The Morgan fingerprint density at radius 2 is 1.50 bits per heavy atom. The molecule has 0 spiro atoms. The number of rotatable bonds is 6. The normalized spacial score (nSPS) is 35.5. The molecule has 0 aromatic rings. The summed E-state index contributed by atoms with van der Waals surface area (Å²) in [6.45, 7) is 3.25. The lowest BCUT2D eigenvalue weighted by Gasteiger charge is -2.37. The second-order valence-corrected chi connectivity index (χ2v) is 7.13. The van der Waals surface area contributed by atoms with E-state index in [1.165, 1.54) is 64.2 Å². The fourth-order valence-electron chi connectivity index (χ4n) is 4.33. The van der Waals surface area contributed by atoms with Crippen molar-refractivity contribution >= 4 is 0 Å². The molecule has 1 nitrogen and oxygen atoms in total. The van der Waals surface area contributed by atoms with Crippen LogP contribution in [0.5, 0.6) is 0 Å². The molecule has 0 aliphatic heterocycles. The average Bonchev–Trinajstić information content (AvgIpc) is 2.49. The molecule has 116 valence electrons. The molecule has 0 heterocycles. The van der Waals surface area contributed by atoms with E-state index in [0.717, 1.165) is 30.3 Å². The predicted molar refractivity (Wildman–Crippen MR) is 86.8 cm³/mol. The van der Waals surface area contributed by atoms with Gasteiger partial charge in [0.2, 0.25) is 0 Å². The van der Waals surface area contributed by atoms with Crippen molar-refractivity contribution in [3.05, 3.63) is 12.2 Å². The Bertz CT molecular complexity index is 267. The highest BCUT2D eigenvalue weighted by molar-refractivity contribution is 4.92. The smallest absolute Gasteiger partial charge is 0.0490 e. The molecule has 0 aromatic heterocycles. The van der Waals surface area contributed by atoms with Gasteiger partial charge in [0.25, 0.3) is 0 Å². The molecule has 0 aromatic carbocycles. The van der Waals surface area contributed by atoms with Crippen LogP contribution in [-0.2, 0) is 4.74 Å². The minimum atomic E-state index is 0.851. The number of hydrogen-bond donors (Lipinski definition) is 0. The van der Waals surface area contributed by atoms with Gasteiger partial charge >= 0.3 is 0 Å². The number of methoxy groups -OCH3 is 1. The largest absolute Gasteiger partial charge is 0.384 e. The molecule has 2 aliphatic rings. The maximum atomic E-state index is 5.32. The molecule has 2 rings (SSSR count). The molecule has 20 heavy (non-hydrogen) atoms. The molecule has 0 N–H and O–H groups in total. The van der Waals surface area contributed by atoms with Crippen LogP contribution >= 0.6 is 0 Å². The molecular formula is C19H34O. The van der Waals surface area contributed by atoms with Crippen molar-refractivity contribution in [1.29, 1.82) is 0 Å². The maximum absolute atomic E-state index is 5.32. The molecule has 0 saturated heterocycles. The molecule has 2 fully saturated rings. The highest BCUT2D eigenvalue weighted by Gasteiger charge is 2.30. The van der Waals surface area contributed by atoms with Crippen molar-refractivity contribution < 1.29 is 4.74 Å². The summed E-state index contributed by atoms with van der Waals surface area (Å²) in [6.07, 6.45) is 19.1. The van der Waals surface area contributed by atoms with E-state index in [4.69, 9.17) is 4.74 Å². The zero-order chi connectivity index (χ0) is 14.2. The Kier molecular flexibility index (Phi) is 7.13. The monoisotopic (exact) mass is 278 g/mol. The molecular weight excluding hydrogens is 244 g/mol. The maximum Gasteiger partial charge on any atom is 0.0490 e. The summed E-state index contributed by atoms with van der Waals surface area (Å²) in [6, 6.07) is 0. The van der Waals surface area contributed by atoms with Crippen LogP contribution in [-0.4, -0.2) is 13.7 Å². The molecule has 0 unspecified atom stereocenters. The van der Waals surface area contributed by atoms with E-state index in [1.807, 2.05) is 7.11 Å². The van der Waals surface area contributed by atoms with Gasteiger partial charge in [0.1, 0.15) is 0 Å². The molecule has 0 bridgehead atoms. The summed E-state index contributed by atoms with van der Waals surface area (Å²) in [5.74, 6) is 3.81. The Morgan fingerprint density at radius 1 is 0.900 bits per heavy atom. The van der Waals surface area contributed by atoms with Crippen molar-refractivity contribution in [2.24, 2.45) is 23.7 Å². The van der Waals surface area contributed by atoms with Crippen LogP contribution in [0.3, 0.4) is 0 Å². The molecule has 0 atom stereocenters. The van der Waals surface area contributed by atoms with E-state index in [9.17, 15) is 0 Å². The quantitative estimate of drug-likeness (QED) is 0.574. The van der Waals surface area contributed by atoms with Gasteiger partial charge in [0.15, 0.2) is 0 Å². The first kappa shape index (κ1) is 16.1. The highest BCUT2D eigenvalue weighted by Crippen LogP contribution is 2.41. The van der Waals surface area contributed by atoms with Crippen LogP contribution in [0.15, 0.2) is 12.2 Å². The van der Waals surface area contributed by atoms with Gasteiger partial charge in [-0.05, 0) is 81.5 Å². The van der Waals surface area contributed by atoms with Crippen molar-refractivity contribution in [1.82, 2.24) is 0 Å². The minimum absolute atomic E-state index is 0.851. The third-order valence-corrected chi connectivity index (χ3v) is 5.64. The van der Waals surface area contributed by atoms with Crippen molar-refractivity contribution in [3.63, 3.8) is 0 Å². The zero-order valence-corrected chi connectivity index (χ0v) is 13.7. The minimum Gasteiger partial charge on any atom is -0.384 e. The summed E-state index contributed by atoms with van der Waals surface area (Å²) >= 11 is 0. The lowest BCUT2D eigenvalue weighted by molar-refractivity contribution is 0.0957. The summed E-state index contributed by atoms with van der Waals surface area (Å²) < 4.78 is 5.32. The average molecular weight is 278 g/mol. The van der Waals surface area contributed by atoms with Gasteiger partial charge in [-0.25, -0.2) is 0 Å². The zero-order valence-electron chi connectivity index (χ0n) is 13.7. The third-order valence-electron chi connectivity index (χ3n) is 5.64.